The highest BCUT2D eigenvalue weighted by Gasteiger charge is 2.35. The van der Waals surface area contributed by atoms with Crippen molar-refractivity contribution < 1.29 is 14.7 Å². The number of aliphatic carboxylic acids is 1. The fourth-order valence-electron chi connectivity index (χ4n) is 1.24. The Morgan fingerprint density at radius 3 is 2.61 bits per heavy atom. The van der Waals surface area contributed by atoms with Gasteiger partial charge in [0.1, 0.15) is 5.54 Å². The average Bonchev–Trinajstić information content (AvgIpc) is 2.70. The summed E-state index contributed by atoms with van der Waals surface area (Å²) < 4.78 is 1.63. The normalized spacial score (nSPS) is 11.1. The molecule has 2 N–H and O–H groups in total. The molecule has 0 saturated heterocycles. The monoisotopic (exact) mass is 254 g/mol. The molecule has 1 aromatic heterocycles. The summed E-state index contributed by atoms with van der Waals surface area (Å²) in [4.78, 5) is 23.9. The van der Waals surface area contributed by atoms with E-state index in [1.54, 1.807) is 24.0 Å². The minimum Gasteiger partial charge on any atom is -0.480 e. The maximum Gasteiger partial charge on any atom is 0.329 e. The number of hydrogen-bond donors (Lipinski definition) is 2. The Morgan fingerprint density at radius 1 is 1.56 bits per heavy atom. The van der Waals surface area contributed by atoms with Gasteiger partial charge in [-0.1, -0.05) is 0 Å². The average molecular weight is 254 g/mol. The van der Waals surface area contributed by atoms with Crippen LogP contribution in [0.5, 0.6) is 0 Å². The van der Waals surface area contributed by atoms with E-state index in [1.807, 2.05) is 0 Å². The van der Waals surface area contributed by atoms with E-state index in [4.69, 9.17) is 5.11 Å². The highest BCUT2D eigenvalue weighted by Crippen LogP contribution is 2.12. The summed E-state index contributed by atoms with van der Waals surface area (Å²) >= 11 is 0. The quantitative estimate of drug-likeness (QED) is 0.815. The number of nitrogens with zero attached hydrogens (tertiary/aromatic N) is 3. The molecule has 0 aliphatic heterocycles. The van der Waals surface area contributed by atoms with Gasteiger partial charge in [0.25, 0.3) is 0 Å². The number of hydrogen-bond acceptors (Lipinski definition) is 3. The lowest BCUT2D eigenvalue weighted by Crippen LogP contribution is -2.53. The highest BCUT2D eigenvalue weighted by atomic mass is 16.4. The van der Waals surface area contributed by atoms with E-state index in [-0.39, 0.29) is 6.54 Å². The Kier molecular flexibility index (Phi) is 3.95. The molecular formula is C11H18N4O3. The summed E-state index contributed by atoms with van der Waals surface area (Å²) in [7, 11) is 3.23. The molecule has 0 aliphatic carbocycles. The zero-order chi connectivity index (χ0) is 13.9. The van der Waals surface area contributed by atoms with Gasteiger partial charge in [0.2, 0.25) is 0 Å². The molecule has 0 aliphatic rings. The molecule has 1 heterocycles. The Morgan fingerprint density at radius 2 is 2.17 bits per heavy atom. The second kappa shape index (κ2) is 5.07. The molecule has 1 aromatic rings. The van der Waals surface area contributed by atoms with Gasteiger partial charge in [0.15, 0.2) is 0 Å². The van der Waals surface area contributed by atoms with Crippen LogP contribution in [0.4, 0.5) is 4.79 Å². The molecule has 0 radical (unpaired) electrons. The summed E-state index contributed by atoms with van der Waals surface area (Å²) in [6, 6.07) is 1.33. The number of urea groups is 1. The molecule has 0 aromatic carbocycles. The molecule has 7 nitrogen and oxygen atoms in total. The van der Waals surface area contributed by atoms with Crippen LogP contribution in [0.1, 0.15) is 19.5 Å². The van der Waals surface area contributed by atoms with E-state index >= 15 is 0 Å². The van der Waals surface area contributed by atoms with Crippen LogP contribution in [0, 0.1) is 0 Å². The fourth-order valence-corrected chi connectivity index (χ4v) is 1.24. The highest BCUT2D eigenvalue weighted by molar-refractivity contribution is 5.85. The summed E-state index contributed by atoms with van der Waals surface area (Å²) in [5.74, 6) is -1.06. The molecule has 18 heavy (non-hydrogen) atoms. The Bertz CT molecular complexity index is 453. The van der Waals surface area contributed by atoms with Gasteiger partial charge in [-0.15, -0.1) is 0 Å². The first-order chi connectivity index (χ1) is 8.25. The molecule has 7 heteroatoms. The number of carbonyl (C=O) groups is 2. The second-order valence-corrected chi connectivity index (χ2v) is 4.56. The topological polar surface area (TPSA) is 87.5 Å². The van der Waals surface area contributed by atoms with E-state index in [9.17, 15) is 9.59 Å². The third kappa shape index (κ3) is 2.99. The lowest BCUT2D eigenvalue weighted by molar-refractivity contribution is -0.146. The molecular weight excluding hydrogens is 236 g/mol. The van der Waals surface area contributed by atoms with Gasteiger partial charge >= 0.3 is 12.0 Å². The maximum atomic E-state index is 11.8. The minimum atomic E-state index is -1.26. The lowest BCUT2D eigenvalue weighted by Gasteiger charge is -2.31. The SMILES string of the molecule is CN(C(=O)NCc1ccn(C)n1)C(C)(C)C(=O)O. The molecule has 0 unspecified atom stereocenters. The zero-order valence-corrected chi connectivity index (χ0v) is 11.0. The van der Waals surface area contributed by atoms with Crippen molar-refractivity contribution in [2.75, 3.05) is 7.05 Å². The number of carboxylic acids is 1. The number of rotatable bonds is 4. The van der Waals surface area contributed by atoms with Crippen molar-refractivity contribution in [2.24, 2.45) is 7.05 Å². The van der Waals surface area contributed by atoms with Gasteiger partial charge in [0.05, 0.1) is 12.2 Å². The van der Waals surface area contributed by atoms with E-state index in [0.29, 0.717) is 5.69 Å². The summed E-state index contributed by atoms with van der Waals surface area (Å²) in [5, 5.41) is 15.7. The van der Waals surface area contributed by atoms with Crippen LogP contribution >= 0.6 is 0 Å². The van der Waals surface area contributed by atoms with Gasteiger partial charge in [-0.05, 0) is 19.9 Å². The molecule has 1 rings (SSSR count). The van der Waals surface area contributed by atoms with Crippen molar-refractivity contribution in [1.29, 1.82) is 0 Å². The Hall–Kier alpha value is -2.05. The minimum absolute atomic E-state index is 0.264. The first-order valence-corrected chi connectivity index (χ1v) is 5.48. The van der Waals surface area contributed by atoms with E-state index in [2.05, 4.69) is 10.4 Å². The van der Waals surface area contributed by atoms with Crippen LogP contribution in [0.3, 0.4) is 0 Å². The fraction of sp³-hybridized carbons (Fsp3) is 0.545. The molecule has 100 valence electrons. The van der Waals surface area contributed by atoms with Gasteiger partial charge < -0.3 is 15.3 Å². The number of aromatic nitrogens is 2. The van der Waals surface area contributed by atoms with Crippen molar-refractivity contribution in [2.45, 2.75) is 25.9 Å². The van der Waals surface area contributed by atoms with Crippen LogP contribution < -0.4 is 5.32 Å². The number of carbonyl (C=O) groups excluding carboxylic acids is 1. The molecule has 2 amide bonds. The summed E-state index contributed by atoms with van der Waals surface area (Å²) in [5.41, 5.74) is -0.541. The molecule has 0 spiro atoms. The van der Waals surface area contributed by atoms with Crippen molar-refractivity contribution in [3.8, 4) is 0 Å². The summed E-state index contributed by atoms with van der Waals surface area (Å²) in [6.45, 7) is 3.20. The van der Waals surface area contributed by atoms with E-state index in [1.165, 1.54) is 20.9 Å². The van der Waals surface area contributed by atoms with Crippen LogP contribution in [-0.2, 0) is 18.4 Å². The number of carboxylic acid groups (broad SMARTS) is 1. The summed E-state index contributed by atoms with van der Waals surface area (Å²) in [6.07, 6.45) is 1.77. The first kappa shape index (κ1) is 14.0. The number of aryl methyl sites for hydroxylation is 1. The zero-order valence-electron chi connectivity index (χ0n) is 11.0. The second-order valence-electron chi connectivity index (χ2n) is 4.56. The van der Waals surface area contributed by atoms with Crippen molar-refractivity contribution in [3.63, 3.8) is 0 Å². The smallest absolute Gasteiger partial charge is 0.329 e. The van der Waals surface area contributed by atoms with Gasteiger partial charge in [-0.2, -0.15) is 5.10 Å². The molecule has 0 fully saturated rings. The van der Waals surface area contributed by atoms with E-state index in [0.717, 1.165) is 4.90 Å². The Labute approximate surface area is 105 Å². The van der Waals surface area contributed by atoms with Crippen molar-refractivity contribution in [3.05, 3.63) is 18.0 Å². The Balaban J connectivity index is 2.58. The van der Waals surface area contributed by atoms with Gasteiger partial charge in [-0.25, -0.2) is 9.59 Å². The van der Waals surface area contributed by atoms with Gasteiger partial charge in [0, 0.05) is 20.3 Å². The third-order valence-electron chi connectivity index (χ3n) is 2.86. The van der Waals surface area contributed by atoms with Crippen LogP contribution in [0.2, 0.25) is 0 Å². The van der Waals surface area contributed by atoms with Crippen molar-refractivity contribution in [1.82, 2.24) is 20.0 Å². The lowest BCUT2D eigenvalue weighted by atomic mass is 10.1. The molecule has 0 atom stereocenters. The third-order valence-corrected chi connectivity index (χ3v) is 2.86. The predicted molar refractivity (Wildman–Crippen MR) is 64.9 cm³/mol. The maximum absolute atomic E-state index is 11.8. The number of amides is 2. The standard InChI is InChI=1S/C11H18N4O3/c1-11(2,9(16)17)15(4)10(18)12-7-8-5-6-14(3)13-8/h5-6H,7H2,1-4H3,(H,12,18)(H,16,17). The van der Waals surface area contributed by atoms with Crippen molar-refractivity contribution >= 4 is 12.0 Å². The number of nitrogens with one attached hydrogen (secondary N) is 1. The van der Waals surface area contributed by atoms with Crippen LogP contribution in [0.15, 0.2) is 12.3 Å². The molecule has 0 saturated carbocycles. The van der Waals surface area contributed by atoms with Crippen LogP contribution in [-0.4, -0.2) is 44.4 Å². The van der Waals surface area contributed by atoms with Gasteiger partial charge in [-0.3, -0.25) is 4.68 Å². The van der Waals surface area contributed by atoms with E-state index < -0.39 is 17.5 Å². The predicted octanol–water partition coefficient (Wildman–Crippen LogP) is 0.425. The first-order valence-electron chi connectivity index (χ1n) is 5.48. The molecule has 0 bridgehead atoms. The van der Waals surface area contributed by atoms with Crippen LogP contribution in [0.25, 0.3) is 0 Å². The number of likely N-dealkylation sites (N-methyl/N-ethyl adjacent to an activating group) is 1. The largest absolute Gasteiger partial charge is 0.480 e.